The number of amides is 1. The van der Waals surface area contributed by atoms with Crippen molar-refractivity contribution < 1.29 is 4.79 Å². The van der Waals surface area contributed by atoms with Crippen molar-refractivity contribution in [3.8, 4) is 6.07 Å². The minimum atomic E-state index is -0.279. The Morgan fingerprint density at radius 1 is 1.35 bits per heavy atom. The Morgan fingerprint density at radius 3 is 2.84 bits per heavy atom. The van der Waals surface area contributed by atoms with Crippen LogP contribution in [0.3, 0.4) is 0 Å². The number of thioether (sulfide) groups is 1. The number of pyridine rings is 1. The van der Waals surface area contributed by atoms with Crippen molar-refractivity contribution >= 4 is 23.4 Å². The van der Waals surface area contributed by atoms with Crippen molar-refractivity contribution in [3.63, 3.8) is 0 Å². The summed E-state index contributed by atoms with van der Waals surface area (Å²) in [7, 11) is 0. The van der Waals surface area contributed by atoms with Gasteiger partial charge in [-0.25, -0.2) is 9.97 Å². The highest BCUT2D eigenvalue weighted by atomic mass is 32.2. The van der Waals surface area contributed by atoms with Crippen LogP contribution < -0.4 is 5.32 Å². The molecule has 3 aromatic rings. The van der Waals surface area contributed by atoms with Gasteiger partial charge in [0.15, 0.2) is 0 Å². The summed E-state index contributed by atoms with van der Waals surface area (Å²) in [6.07, 6.45) is 7.84. The van der Waals surface area contributed by atoms with Gasteiger partial charge in [-0.15, -0.1) is 11.8 Å². The lowest BCUT2D eigenvalue weighted by atomic mass is 10.1. The Bertz CT molecular complexity index is 1160. The first-order valence-corrected chi connectivity index (χ1v) is 11.6. The smallest absolute Gasteiger partial charge is 0.257 e. The Kier molecular flexibility index (Phi) is 6.10. The number of anilines is 1. The van der Waals surface area contributed by atoms with Crippen LogP contribution >= 0.6 is 11.8 Å². The van der Waals surface area contributed by atoms with Crippen molar-refractivity contribution in [2.75, 3.05) is 11.6 Å². The average molecular weight is 432 g/mol. The summed E-state index contributed by atoms with van der Waals surface area (Å²) in [6, 6.07) is 11.7. The number of benzene rings is 1. The fourth-order valence-corrected chi connectivity index (χ4v) is 4.22. The van der Waals surface area contributed by atoms with Crippen LogP contribution in [0.5, 0.6) is 0 Å². The number of hydrogen-bond donors (Lipinski definition) is 1. The lowest BCUT2D eigenvalue weighted by Crippen LogP contribution is -2.16. The monoisotopic (exact) mass is 431 g/mol. The molecular weight excluding hydrogens is 406 g/mol. The van der Waals surface area contributed by atoms with Crippen LogP contribution in [0.1, 0.15) is 71.5 Å². The van der Waals surface area contributed by atoms with Gasteiger partial charge in [0.05, 0.1) is 11.1 Å². The maximum Gasteiger partial charge on any atom is 0.257 e. The second-order valence-electron chi connectivity index (χ2n) is 8.09. The zero-order valence-electron chi connectivity index (χ0n) is 17.9. The maximum atomic E-state index is 13.1. The SMILES string of the molecule is CSc1nc(C2CC2)cc(C(=O)Nc2cccc(Cn3ccnc3C(C)C)c2)c1C#N. The second kappa shape index (κ2) is 8.94. The molecule has 6 nitrogen and oxygen atoms in total. The van der Waals surface area contributed by atoms with Gasteiger partial charge in [-0.1, -0.05) is 26.0 Å². The van der Waals surface area contributed by atoms with Gasteiger partial charge in [0.1, 0.15) is 16.9 Å². The van der Waals surface area contributed by atoms with Gasteiger partial charge in [0.25, 0.3) is 5.91 Å². The Hall–Kier alpha value is -3.11. The van der Waals surface area contributed by atoms with E-state index in [2.05, 4.69) is 39.8 Å². The predicted octanol–water partition coefficient (Wildman–Crippen LogP) is 5.17. The molecule has 0 aliphatic heterocycles. The number of rotatable bonds is 7. The molecule has 0 radical (unpaired) electrons. The standard InChI is InChI=1S/C24H25N5OS/c1-15(2)22-26-9-10-29(22)14-16-5-4-6-18(11-16)27-23(30)19-12-21(17-7-8-17)28-24(31-3)20(19)13-25/h4-6,9-12,15,17H,7-8,14H2,1-3H3,(H,27,30). The van der Waals surface area contributed by atoms with Crippen LogP contribution in [0.15, 0.2) is 47.8 Å². The molecule has 1 amide bonds. The topological polar surface area (TPSA) is 83.6 Å². The van der Waals surface area contributed by atoms with E-state index >= 15 is 0 Å². The normalized spacial score (nSPS) is 13.3. The largest absolute Gasteiger partial charge is 0.330 e. The van der Waals surface area contributed by atoms with Gasteiger partial charge >= 0.3 is 0 Å². The average Bonchev–Trinajstić information content (AvgIpc) is 3.51. The van der Waals surface area contributed by atoms with Crippen molar-refractivity contribution in [1.82, 2.24) is 14.5 Å². The molecule has 1 N–H and O–H groups in total. The minimum Gasteiger partial charge on any atom is -0.330 e. The highest BCUT2D eigenvalue weighted by molar-refractivity contribution is 7.98. The lowest BCUT2D eigenvalue weighted by Gasteiger charge is -2.13. The number of aromatic nitrogens is 3. The van der Waals surface area contributed by atoms with Crippen LogP contribution in [0, 0.1) is 11.3 Å². The Balaban J connectivity index is 1.58. The third-order valence-electron chi connectivity index (χ3n) is 5.35. The first-order chi connectivity index (χ1) is 15.0. The summed E-state index contributed by atoms with van der Waals surface area (Å²) < 4.78 is 2.12. The van der Waals surface area contributed by atoms with Crippen molar-refractivity contribution in [2.24, 2.45) is 0 Å². The number of imidazole rings is 1. The van der Waals surface area contributed by atoms with E-state index in [0.29, 0.717) is 40.2 Å². The van der Waals surface area contributed by atoms with Gasteiger partial charge in [-0.2, -0.15) is 5.26 Å². The lowest BCUT2D eigenvalue weighted by molar-refractivity contribution is 0.102. The molecule has 2 heterocycles. The van der Waals surface area contributed by atoms with Gasteiger partial charge in [-0.3, -0.25) is 4.79 Å². The summed E-state index contributed by atoms with van der Waals surface area (Å²) in [6.45, 7) is 4.92. The third kappa shape index (κ3) is 4.64. The number of nitriles is 1. The summed E-state index contributed by atoms with van der Waals surface area (Å²) in [5, 5.41) is 13.3. The van der Waals surface area contributed by atoms with Crippen LogP contribution in [0.4, 0.5) is 5.69 Å². The fraction of sp³-hybridized carbons (Fsp3) is 0.333. The molecule has 1 aromatic carbocycles. The van der Waals surface area contributed by atoms with E-state index in [4.69, 9.17) is 0 Å². The Morgan fingerprint density at radius 2 is 2.16 bits per heavy atom. The molecule has 1 aliphatic carbocycles. The number of carbonyl (C=O) groups is 1. The van der Waals surface area contributed by atoms with E-state index in [1.807, 2.05) is 42.9 Å². The van der Waals surface area contributed by atoms with Gasteiger partial charge < -0.3 is 9.88 Å². The molecule has 0 atom stereocenters. The molecule has 2 aromatic heterocycles. The molecule has 7 heteroatoms. The van der Waals surface area contributed by atoms with Crippen LogP contribution in [-0.2, 0) is 6.54 Å². The van der Waals surface area contributed by atoms with Gasteiger partial charge in [0.2, 0.25) is 0 Å². The quantitative estimate of drug-likeness (QED) is 0.522. The number of nitrogens with one attached hydrogen (secondary N) is 1. The highest BCUT2D eigenvalue weighted by Gasteiger charge is 2.28. The van der Waals surface area contributed by atoms with E-state index in [9.17, 15) is 10.1 Å². The summed E-state index contributed by atoms with van der Waals surface area (Å²) in [4.78, 5) is 22.2. The predicted molar refractivity (Wildman–Crippen MR) is 123 cm³/mol. The summed E-state index contributed by atoms with van der Waals surface area (Å²) >= 11 is 1.40. The molecule has 0 spiro atoms. The molecule has 1 saturated carbocycles. The maximum absolute atomic E-state index is 13.1. The molecule has 31 heavy (non-hydrogen) atoms. The molecule has 4 rings (SSSR count). The molecule has 0 saturated heterocycles. The van der Waals surface area contributed by atoms with E-state index in [-0.39, 0.29) is 5.91 Å². The number of nitrogens with zero attached hydrogens (tertiary/aromatic N) is 4. The number of carbonyl (C=O) groups excluding carboxylic acids is 1. The zero-order chi connectivity index (χ0) is 22.0. The molecule has 1 fully saturated rings. The molecule has 158 valence electrons. The van der Waals surface area contributed by atoms with Crippen LogP contribution in [-0.4, -0.2) is 26.7 Å². The zero-order valence-corrected chi connectivity index (χ0v) is 18.7. The van der Waals surface area contributed by atoms with Crippen molar-refractivity contribution in [3.05, 3.63) is 70.9 Å². The Labute approximate surface area is 186 Å². The van der Waals surface area contributed by atoms with Crippen molar-refractivity contribution in [1.29, 1.82) is 5.26 Å². The molecule has 0 bridgehead atoms. The van der Waals surface area contributed by atoms with Gasteiger partial charge in [0, 0.05) is 42.2 Å². The molecule has 0 unspecified atom stereocenters. The number of hydrogen-bond acceptors (Lipinski definition) is 5. The van der Waals surface area contributed by atoms with E-state index in [1.54, 1.807) is 6.07 Å². The van der Waals surface area contributed by atoms with E-state index < -0.39 is 0 Å². The first-order valence-electron chi connectivity index (χ1n) is 10.4. The van der Waals surface area contributed by atoms with E-state index in [0.717, 1.165) is 29.9 Å². The molecule has 1 aliphatic rings. The molecular formula is C24H25N5OS. The van der Waals surface area contributed by atoms with E-state index in [1.165, 1.54) is 11.8 Å². The minimum absolute atomic E-state index is 0.279. The summed E-state index contributed by atoms with van der Waals surface area (Å²) in [5.74, 6) is 1.49. The fourth-order valence-electron chi connectivity index (χ4n) is 3.66. The second-order valence-corrected chi connectivity index (χ2v) is 8.88. The van der Waals surface area contributed by atoms with Gasteiger partial charge in [-0.05, 0) is 42.9 Å². The van der Waals surface area contributed by atoms with Crippen LogP contribution in [0.25, 0.3) is 0 Å². The summed E-state index contributed by atoms with van der Waals surface area (Å²) in [5.41, 5.74) is 3.41. The third-order valence-corrected chi connectivity index (χ3v) is 6.04. The first kappa shape index (κ1) is 21.1. The van der Waals surface area contributed by atoms with Crippen molar-refractivity contribution in [2.45, 2.75) is 50.1 Å². The van der Waals surface area contributed by atoms with Crippen LogP contribution in [0.2, 0.25) is 0 Å². The highest BCUT2D eigenvalue weighted by Crippen LogP contribution is 2.40.